The fourth-order valence-electron chi connectivity index (χ4n) is 5.11. The van der Waals surface area contributed by atoms with Crippen LogP contribution in [0.15, 0.2) is 66.7 Å². The molecular formula is C31H31NO4S. The quantitative estimate of drug-likeness (QED) is 0.306. The maximum absolute atomic E-state index is 11.7. The zero-order valence-electron chi connectivity index (χ0n) is 21.2. The molecule has 0 atom stereocenters. The number of benzene rings is 3. The van der Waals surface area contributed by atoms with Crippen LogP contribution in [0.3, 0.4) is 0 Å². The maximum Gasteiger partial charge on any atom is 0.303 e. The zero-order chi connectivity index (χ0) is 25.9. The summed E-state index contributed by atoms with van der Waals surface area (Å²) in [5.41, 5.74) is 8.49. The van der Waals surface area contributed by atoms with E-state index in [1.54, 1.807) is 0 Å². The van der Waals surface area contributed by atoms with Gasteiger partial charge in [0.05, 0.1) is 11.2 Å². The normalized spacial score (nSPS) is 17.6. The van der Waals surface area contributed by atoms with Gasteiger partial charge < -0.3 is 9.84 Å². The van der Waals surface area contributed by atoms with E-state index in [2.05, 4.69) is 56.3 Å². The lowest BCUT2D eigenvalue weighted by molar-refractivity contribution is -0.136. The second-order valence-electron chi connectivity index (χ2n) is 9.80. The molecule has 0 aliphatic carbocycles. The van der Waals surface area contributed by atoms with Crippen LogP contribution in [-0.4, -0.2) is 37.9 Å². The minimum Gasteiger partial charge on any atom is -0.490 e. The number of nitrogens with zero attached hydrogens (tertiary/aromatic N) is 1. The monoisotopic (exact) mass is 513 g/mol. The van der Waals surface area contributed by atoms with Crippen LogP contribution in [0.2, 0.25) is 0 Å². The van der Waals surface area contributed by atoms with E-state index in [1.807, 2.05) is 24.3 Å². The Morgan fingerprint density at radius 3 is 2.43 bits per heavy atom. The van der Waals surface area contributed by atoms with Crippen LogP contribution in [-0.2, 0) is 22.0 Å². The number of rotatable bonds is 7. The van der Waals surface area contributed by atoms with Crippen molar-refractivity contribution in [1.82, 2.24) is 4.98 Å². The topological polar surface area (TPSA) is 76.5 Å². The highest BCUT2D eigenvalue weighted by molar-refractivity contribution is 7.85. The van der Waals surface area contributed by atoms with Crippen LogP contribution in [0.25, 0.3) is 33.3 Å². The van der Waals surface area contributed by atoms with Gasteiger partial charge in [-0.25, -0.2) is 4.98 Å². The standard InChI is InChI=1S/C31H31NO4S/c1-20-16-27(36-26-12-14-37(35)15-13-26)17-21(2)31(20)25-5-3-4-23(19-25)29-10-8-24-18-22(7-11-30(33)34)6-9-28(24)32-29/h3-6,8-10,16-19,26H,7,11-15H2,1-2H3,(H,33,34). The fourth-order valence-corrected chi connectivity index (χ4v) is 6.36. The van der Waals surface area contributed by atoms with Crippen molar-refractivity contribution in [2.45, 2.75) is 45.6 Å². The predicted octanol–water partition coefficient (Wildman–Crippen LogP) is 6.49. The second kappa shape index (κ2) is 10.9. The molecule has 5 rings (SSSR count). The SMILES string of the molecule is Cc1cc(OC2CCS(=O)CC2)cc(C)c1-c1cccc(-c2ccc3cc(CCC(=O)O)ccc3n2)c1. The van der Waals surface area contributed by atoms with Gasteiger partial charge in [-0.1, -0.05) is 30.3 Å². The Morgan fingerprint density at radius 1 is 0.973 bits per heavy atom. The number of aromatic nitrogens is 1. The van der Waals surface area contributed by atoms with Crippen LogP contribution >= 0.6 is 0 Å². The highest BCUT2D eigenvalue weighted by atomic mass is 32.2. The first-order chi connectivity index (χ1) is 17.9. The minimum absolute atomic E-state index is 0.123. The molecular weight excluding hydrogens is 482 g/mol. The van der Waals surface area contributed by atoms with Gasteiger partial charge in [-0.15, -0.1) is 0 Å². The molecule has 5 nitrogen and oxygen atoms in total. The van der Waals surface area contributed by atoms with Crippen LogP contribution in [0.1, 0.15) is 36.0 Å². The maximum atomic E-state index is 11.7. The smallest absolute Gasteiger partial charge is 0.303 e. The molecule has 0 radical (unpaired) electrons. The average molecular weight is 514 g/mol. The Labute approximate surface area is 220 Å². The molecule has 0 spiro atoms. The molecule has 1 N–H and O–H groups in total. The zero-order valence-corrected chi connectivity index (χ0v) is 22.0. The van der Waals surface area contributed by atoms with Gasteiger partial charge in [0.2, 0.25) is 0 Å². The number of aryl methyl sites for hydroxylation is 3. The van der Waals surface area contributed by atoms with Crippen LogP contribution in [0.4, 0.5) is 0 Å². The summed E-state index contributed by atoms with van der Waals surface area (Å²) in [6.45, 7) is 4.24. The summed E-state index contributed by atoms with van der Waals surface area (Å²) < 4.78 is 17.9. The van der Waals surface area contributed by atoms with E-state index in [9.17, 15) is 9.00 Å². The molecule has 190 valence electrons. The number of ether oxygens (including phenoxy) is 1. The van der Waals surface area contributed by atoms with Crippen molar-refractivity contribution in [1.29, 1.82) is 0 Å². The lowest BCUT2D eigenvalue weighted by Crippen LogP contribution is -2.27. The third-order valence-corrected chi connectivity index (χ3v) is 8.35. The van der Waals surface area contributed by atoms with E-state index in [4.69, 9.17) is 14.8 Å². The Balaban J connectivity index is 1.39. The Hall–Kier alpha value is -3.51. The van der Waals surface area contributed by atoms with Crippen molar-refractivity contribution < 1.29 is 18.8 Å². The van der Waals surface area contributed by atoms with Gasteiger partial charge in [0.25, 0.3) is 0 Å². The number of pyridine rings is 1. The molecule has 0 unspecified atom stereocenters. The molecule has 1 fully saturated rings. The molecule has 4 aromatic rings. The Bertz CT molecular complexity index is 1460. The average Bonchev–Trinajstić information content (AvgIpc) is 2.88. The number of fused-ring (bicyclic) bond motifs is 1. The number of hydrogen-bond acceptors (Lipinski definition) is 4. The van der Waals surface area contributed by atoms with Crippen molar-refractivity contribution in [3.05, 3.63) is 83.4 Å². The summed E-state index contributed by atoms with van der Waals surface area (Å²) in [5, 5.41) is 9.96. The number of carboxylic acids is 1. The number of aliphatic carboxylic acids is 1. The molecule has 2 heterocycles. The molecule has 3 aromatic carbocycles. The Morgan fingerprint density at radius 2 is 1.70 bits per heavy atom. The summed E-state index contributed by atoms with van der Waals surface area (Å²) in [6, 6.07) is 22.7. The summed E-state index contributed by atoms with van der Waals surface area (Å²) in [4.78, 5) is 15.8. The van der Waals surface area contributed by atoms with Gasteiger partial charge in [0, 0.05) is 39.7 Å². The van der Waals surface area contributed by atoms with Crippen molar-refractivity contribution in [2.24, 2.45) is 0 Å². The first-order valence-corrected chi connectivity index (χ1v) is 14.2. The third-order valence-electron chi connectivity index (χ3n) is 6.97. The van der Waals surface area contributed by atoms with E-state index < -0.39 is 16.8 Å². The minimum atomic E-state index is -0.788. The first-order valence-electron chi connectivity index (χ1n) is 12.7. The van der Waals surface area contributed by atoms with Crippen molar-refractivity contribution in [3.63, 3.8) is 0 Å². The molecule has 0 amide bonds. The van der Waals surface area contributed by atoms with Crippen LogP contribution in [0.5, 0.6) is 5.75 Å². The van der Waals surface area contributed by atoms with E-state index in [0.29, 0.717) is 6.42 Å². The van der Waals surface area contributed by atoms with Crippen LogP contribution in [0, 0.1) is 13.8 Å². The summed E-state index contributed by atoms with van der Waals surface area (Å²) in [7, 11) is -0.691. The summed E-state index contributed by atoms with van der Waals surface area (Å²) in [6.07, 6.45) is 2.46. The highest BCUT2D eigenvalue weighted by Crippen LogP contribution is 2.34. The lowest BCUT2D eigenvalue weighted by atomic mass is 9.93. The predicted molar refractivity (Wildman–Crippen MR) is 150 cm³/mol. The molecule has 37 heavy (non-hydrogen) atoms. The summed E-state index contributed by atoms with van der Waals surface area (Å²) in [5.74, 6) is 1.54. The number of carboxylic acid groups (broad SMARTS) is 1. The molecule has 1 aliphatic heterocycles. The Kier molecular flexibility index (Phi) is 7.38. The third kappa shape index (κ3) is 5.91. The molecule has 1 aromatic heterocycles. The number of carbonyl (C=O) groups is 1. The van der Waals surface area contributed by atoms with E-state index in [1.165, 1.54) is 5.56 Å². The van der Waals surface area contributed by atoms with Gasteiger partial charge in [0.1, 0.15) is 11.9 Å². The second-order valence-corrected chi connectivity index (χ2v) is 11.5. The van der Waals surface area contributed by atoms with Crippen molar-refractivity contribution in [2.75, 3.05) is 11.5 Å². The molecule has 6 heteroatoms. The molecule has 0 bridgehead atoms. The van der Waals surface area contributed by atoms with E-state index in [0.717, 1.165) is 74.5 Å². The lowest BCUT2D eigenvalue weighted by Gasteiger charge is -2.24. The van der Waals surface area contributed by atoms with Gasteiger partial charge in [-0.3, -0.25) is 9.00 Å². The number of hydrogen-bond donors (Lipinski definition) is 1. The largest absolute Gasteiger partial charge is 0.490 e. The van der Waals surface area contributed by atoms with Crippen molar-refractivity contribution in [3.8, 4) is 28.1 Å². The fraction of sp³-hybridized carbons (Fsp3) is 0.290. The van der Waals surface area contributed by atoms with Gasteiger partial charge in [0.15, 0.2) is 0 Å². The molecule has 0 saturated carbocycles. The van der Waals surface area contributed by atoms with Gasteiger partial charge in [-0.2, -0.15) is 0 Å². The van der Waals surface area contributed by atoms with Gasteiger partial charge in [-0.05, 0) is 97.3 Å². The molecule has 1 saturated heterocycles. The summed E-state index contributed by atoms with van der Waals surface area (Å²) >= 11 is 0. The highest BCUT2D eigenvalue weighted by Gasteiger charge is 2.20. The van der Waals surface area contributed by atoms with Crippen LogP contribution < -0.4 is 4.74 Å². The first kappa shape index (κ1) is 25.2. The van der Waals surface area contributed by atoms with Crippen molar-refractivity contribution >= 4 is 27.7 Å². The van der Waals surface area contributed by atoms with E-state index >= 15 is 0 Å². The van der Waals surface area contributed by atoms with E-state index in [-0.39, 0.29) is 12.5 Å². The molecule has 1 aliphatic rings. The van der Waals surface area contributed by atoms with Gasteiger partial charge >= 0.3 is 5.97 Å².